The van der Waals surface area contributed by atoms with E-state index in [1.807, 2.05) is 78.9 Å². The van der Waals surface area contributed by atoms with E-state index in [0.717, 1.165) is 32.9 Å². The van der Waals surface area contributed by atoms with E-state index in [-0.39, 0.29) is 12.1 Å². The molecule has 2 aromatic carbocycles. The summed E-state index contributed by atoms with van der Waals surface area (Å²) >= 11 is 15.3. The molecule has 2 unspecified atom stereocenters. The number of pyridine rings is 1. The lowest BCUT2D eigenvalue weighted by Gasteiger charge is -2.26. The topological polar surface area (TPSA) is 41.3 Å². The molecule has 0 spiro atoms. The summed E-state index contributed by atoms with van der Waals surface area (Å²) in [6.07, 6.45) is 1.79. The summed E-state index contributed by atoms with van der Waals surface area (Å²) in [6.45, 7) is 0. The molecule has 0 radical (unpaired) electrons. The molecule has 0 saturated carbocycles. The summed E-state index contributed by atoms with van der Waals surface area (Å²) in [7, 11) is 0. The van der Waals surface area contributed by atoms with E-state index in [4.69, 9.17) is 28.2 Å². The lowest BCUT2D eigenvalue weighted by molar-refractivity contribution is 0.439. The van der Waals surface area contributed by atoms with E-state index < -0.39 is 0 Å². The normalized spacial score (nSPS) is 18.3. The van der Waals surface area contributed by atoms with Gasteiger partial charge in [0, 0.05) is 26.9 Å². The van der Waals surface area contributed by atoms with Gasteiger partial charge in [-0.25, -0.2) is 0 Å². The maximum atomic E-state index is 6.36. The first-order valence-electron chi connectivity index (χ1n) is 9.72. The molecule has 2 atom stereocenters. The molecule has 5 rings (SSSR count). The highest BCUT2D eigenvalue weighted by Gasteiger charge is 2.42. The monoisotopic (exact) mass is 509 g/mol. The Kier molecular flexibility index (Phi) is 5.52. The number of furan rings is 1. The standard InChI is InChI=1S/C24H17BrClN3OS/c25-16-6-4-15(5-7-16)20-12-13-21(30-20)23-22(19-3-1-2-14-27-19)28-24(31)29(23)18-10-8-17(26)9-11-18/h1-14,22-23H,(H,28,31). The molecule has 31 heavy (non-hydrogen) atoms. The second kappa shape index (κ2) is 8.46. The van der Waals surface area contributed by atoms with Crippen molar-refractivity contribution in [2.24, 2.45) is 0 Å². The molecular formula is C24H17BrClN3OS. The summed E-state index contributed by atoms with van der Waals surface area (Å²) in [6, 6.07) is 25.2. The van der Waals surface area contributed by atoms with Crippen molar-refractivity contribution < 1.29 is 4.42 Å². The Morgan fingerprint density at radius 3 is 2.45 bits per heavy atom. The zero-order valence-electron chi connectivity index (χ0n) is 16.2. The molecule has 2 aromatic heterocycles. The average molecular weight is 511 g/mol. The lowest BCUT2D eigenvalue weighted by Crippen LogP contribution is -2.29. The minimum atomic E-state index is -0.201. The maximum Gasteiger partial charge on any atom is 0.174 e. The number of nitrogens with zero attached hydrogens (tertiary/aromatic N) is 2. The number of halogens is 2. The van der Waals surface area contributed by atoms with Crippen molar-refractivity contribution in [3.8, 4) is 11.3 Å². The van der Waals surface area contributed by atoms with Crippen LogP contribution in [0.1, 0.15) is 23.5 Å². The molecule has 4 nitrogen and oxygen atoms in total. The highest BCUT2D eigenvalue weighted by molar-refractivity contribution is 9.10. The molecule has 1 aliphatic heterocycles. The second-order valence-electron chi connectivity index (χ2n) is 7.18. The first kappa shape index (κ1) is 20.2. The summed E-state index contributed by atoms with van der Waals surface area (Å²) in [5, 5.41) is 4.73. The molecular weight excluding hydrogens is 494 g/mol. The molecule has 0 aliphatic carbocycles. The zero-order valence-corrected chi connectivity index (χ0v) is 19.4. The molecule has 0 amide bonds. The van der Waals surface area contributed by atoms with Crippen LogP contribution in [0, 0.1) is 0 Å². The van der Waals surface area contributed by atoms with Gasteiger partial charge in [-0.2, -0.15) is 0 Å². The Bertz CT molecular complexity index is 1210. The third-order valence-electron chi connectivity index (χ3n) is 5.25. The van der Waals surface area contributed by atoms with Crippen LogP contribution >= 0.6 is 39.7 Å². The van der Waals surface area contributed by atoms with E-state index in [1.54, 1.807) is 6.20 Å². The fourth-order valence-corrected chi connectivity index (χ4v) is 4.54. The number of thiocarbonyl (C=S) groups is 1. The van der Waals surface area contributed by atoms with E-state index in [9.17, 15) is 0 Å². The third-order valence-corrected chi connectivity index (χ3v) is 6.35. The molecule has 0 bridgehead atoms. The fourth-order valence-electron chi connectivity index (χ4n) is 3.80. The molecule has 4 aromatic rings. The first-order chi connectivity index (χ1) is 15.1. The molecule has 1 aliphatic rings. The van der Waals surface area contributed by atoms with Gasteiger partial charge in [-0.05, 0) is 72.9 Å². The van der Waals surface area contributed by atoms with Crippen LogP contribution in [0.25, 0.3) is 11.3 Å². The zero-order chi connectivity index (χ0) is 21.4. The Morgan fingerprint density at radius 2 is 1.74 bits per heavy atom. The number of anilines is 1. The largest absolute Gasteiger partial charge is 0.459 e. The van der Waals surface area contributed by atoms with Gasteiger partial charge >= 0.3 is 0 Å². The van der Waals surface area contributed by atoms with Crippen molar-refractivity contribution in [3.05, 3.63) is 106 Å². The number of hydrogen-bond donors (Lipinski definition) is 1. The van der Waals surface area contributed by atoms with Gasteiger partial charge in [-0.15, -0.1) is 0 Å². The van der Waals surface area contributed by atoms with Crippen LogP contribution in [0.2, 0.25) is 5.02 Å². The highest BCUT2D eigenvalue weighted by atomic mass is 79.9. The van der Waals surface area contributed by atoms with Crippen molar-refractivity contribution in [1.82, 2.24) is 10.3 Å². The Balaban J connectivity index is 1.59. The minimum absolute atomic E-state index is 0.159. The Hall–Kier alpha value is -2.67. The maximum absolute atomic E-state index is 6.36. The number of rotatable bonds is 4. The van der Waals surface area contributed by atoms with Crippen LogP contribution in [-0.4, -0.2) is 10.1 Å². The SMILES string of the molecule is S=C1NC(c2ccccn2)C(c2ccc(-c3ccc(Br)cc3)o2)N1c1ccc(Cl)cc1. The van der Waals surface area contributed by atoms with Crippen LogP contribution < -0.4 is 10.2 Å². The van der Waals surface area contributed by atoms with Gasteiger partial charge in [-0.3, -0.25) is 4.98 Å². The Labute approximate surface area is 199 Å². The summed E-state index contributed by atoms with van der Waals surface area (Å²) < 4.78 is 7.38. The van der Waals surface area contributed by atoms with Gasteiger partial charge in [0.1, 0.15) is 17.6 Å². The van der Waals surface area contributed by atoms with Crippen LogP contribution in [-0.2, 0) is 0 Å². The van der Waals surface area contributed by atoms with Crippen molar-refractivity contribution in [2.45, 2.75) is 12.1 Å². The van der Waals surface area contributed by atoms with Gasteiger partial charge in [0.2, 0.25) is 0 Å². The van der Waals surface area contributed by atoms with Crippen LogP contribution in [0.3, 0.4) is 0 Å². The van der Waals surface area contributed by atoms with Gasteiger partial charge < -0.3 is 14.6 Å². The Morgan fingerprint density at radius 1 is 0.968 bits per heavy atom. The average Bonchev–Trinajstić information content (AvgIpc) is 3.40. The molecule has 154 valence electrons. The van der Waals surface area contributed by atoms with Gasteiger partial charge in [-0.1, -0.05) is 45.7 Å². The smallest absolute Gasteiger partial charge is 0.174 e. The van der Waals surface area contributed by atoms with E-state index in [0.29, 0.717) is 10.1 Å². The number of aromatic nitrogens is 1. The van der Waals surface area contributed by atoms with Gasteiger partial charge in [0.15, 0.2) is 5.11 Å². The quantitative estimate of drug-likeness (QED) is 0.301. The summed E-state index contributed by atoms with van der Waals surface area (Å²) in [4.78, 5) is 6.64. The summed E-state index contributed by atoms with van der Waals surface area (Å²) in [5.41, 5.74) is 2.84. The highest BCUT2D eigenvalue weighted by Crippen LogP contribution is 2.43. The summed E-state index contributed by atoms with van der Waals surface area (Å²) in [5.74, 6) is 1.60. The van der Waals surface area contributed by atoms with Crippen LogP contribution in [0.4, 0.5) is 5.69 Å². The predicted molar refractivity (Wildman–Crippen MR) is 131 cm³/mol. The fraction of sp³-hybridized carbons (Fsp3) is 0.0833. The molecule has 7 heteroatoms. The number of benzene rings is 2. The van der Waals surface area contributed by atoms with E-state index in [1.165, 1.54) is 0 Å². The van der Waals surface area contributed by atoms with E-state index in [2.05, 4.69) is 31.1 Å². The number of hydrogen-bond acceptors (Lipinski definition) is 3. The predicted octanol–water partition coefficient (Wildman–Crippen LogP) is 6.93. The second-order valence-corrected chi connectivity index (χ2v) is 8.92. The minimum Gasteiger partial charge on any atom is -0.459 e. The molecule has 1 N–H and O–H groups in total. The third kappa shape index (κ3) is 3.99. The van der Waals surface area contributed by atoms with E-state index >= 15 is 0 Å². The van der Waals surface area contributed by atoms with Crippen molar-refractivity contribution >= 4 is 50.5 Å². The van der Waals surface area contributed by atoms with Crippen molar-refractivity contribution in [3.63, 3.8) is 0 Å². The van der Waals surface area contributed by atoms with Gasteiger partial charge in [0.25, 0.3) is 0 Å². The van der Waals surface area contributed by atoms with Crippen LogP contribution in [0.15, 0.2) is 93.9 Å². The van der Waals surface area contributed by atoms with Crippen LogP contribution in [0.5, 0.6) is 0 Å². The lowest BCUT2D eigenvalue weighted by atomic mass is 10.0. The molecule has 3 heterocycles. The first-order valence-corrected chi connectivity index (χ1v) is 11.3. The van der Waals surface area contributed by atoms with Crippen molar-refractivity contribution in [1.29, 1.82) is 0 Å². The van der Waals surface area contributed by atoms with Gasteiger partial charge in [0.05, 0.1) is 11.7 Å². The van der Waals surface area contributed by atoms with Crippen molar-refractivity contribution in [2.75, 3.05) is 4.90 Å². The molecule has 1 fully saturated rings. The number of nitrogens with one attached hydrogen (secondary N) is 1. The molecule has 1 saturated heterocycles.